The zero-order chi connectivity index (χ0) is 31.9. The van der Waals surface area contributed by atoms with Gasteiger partial charge in [0.05, 0.1) is 33.3 Å². The van der Waals surface area contributed by atoms with Crippen molar-refractivity contribution in [1.29, 1.82) is 0 Å². The molecular weight excluding hydrogens is 588 g/mol. The highest BCUT2D eigenvalue weighted by Gasteiger charge is 2.31. The first-order valence-electron chi connectivity index (χ1n) is 13.5. The molecule has 0 heterocycles. The average molecular weight is 623 g/mol. The van der Waals surface area contributed by atoms with Gasteiger partial charge in [-0.1, -0.05) is 12.1 Å². The Hall–Kier alpha value is -4.81. The lowest BCUT2D eigenvalue weighted by Crippen LogP contribution is -2.39. The highest BCUT2D eigenvalue weighted by atomic mass is 32.2. The van der Waals surface area contributed by atoms with Crippen LogP contribution in [0.5, 0.6) is 28.7 Å². The number of sulfonamides is 1. The summed E-state index contributed by atoms with van der Waals surface area (Å²) in [6.07, 6.45) is 3.74. The van der Waals surface area contributed by atoms with Crippen molar-refractivity contribution in [2.24, 2.45) is 5.73 Å². The van der Waals surface area contributed by atoms with Gasteiger partial charge in [-0.2, -0.15) is 0 Å². The summed E-state index contributed by atoms with van der Waals surface area (Å²) in [5, 5.41) is 0. The van der Waals surface area contributed by atoms with Gasteiger partial charge in [-0.25, -0.2) is 13.1 Å². The van der Waals surface area contributed by atoms with Crippen molar-refractivity contribution in [2.45, 2.75) is 23.8 Å². The summed E-state index contributed by atoms with van der Waals surface area (Å²) in [5.41, 5.74) is 7.30. The van der Waals surface area contributed by atoms with Crippen molar-refractivity contribution in [3.63, 3.8) is 0 Å². The molecule has 1 aliphatic rings. The minimum absolute atomic E-state index is 0.00309. The van der Waals surface area contributed by atoms with Gasteiger partial charge in [0.15, 0.2) is 35.4 Å². The Labute approximate surface area is 256 Å². The van der Waals surface area contributed by atoms with E-state index in [2.05, 4.69) is 4.72 Å². The summed E-state index contributed by atoms with van der Waals surface area (Å²) in [7, 11) is 2.11. The zero-order valence-electron chi connectivity index (χ0n) is 24.8. The Morgan fingerprint density at radius 1 is 0.795 bits per heavy atom. The van der Waals surface area contributed by atoms with Crippen LogP contribution in [0, 0.1) is 0 Å². The number of hydrogen-bond donors (Lipinski definition) is 2. The number of rotatable bonds is 12. The minimum Gasteiger partial charge on any atom is -0.493 e. The largest absolute Gasteiger partial charge is 0.493 e. The monoisotopic (exact) mass is 622 g/mol. The van der Waals surface area contributed by atoms with Gasteiger partial charge < -0.3 is 29.4 Å². The minimum atomic E-state index is -3.99. The van der Waals surface area contributed by atoms with Crippen LogP contribution in [0.25, 0.3) is 12.2 Å². The number of hydrogen-bond acceptors (Lipinski definition) is 9. The van der Waals surface area contributed by atoms with Gasteiger partial charge >= 0.3 is 0 Å². The number of methoxy groups -OCH3 is 4. The molecule has 0 spiro atoms. The normalized spacial score (nSPS) is 16.9. The van der Waals surface area contributed by atoms with Crippen LogP contribution >= 0.6 is 0 Å². The molecule has 3 aromatic carbocycles. The van der Waals surface area contributed by atoms with Gasteiger partial charge in [0, 0.05) is 17.2 Å². The Morgan fingerprint density at radius 3 is 1.70 bits per heavy atom. The third kappa shape index (κ3) is 7.77. The Morgan fingerprint density at radius 2 is 1.27 bits per heavy atom. The molecule has 1 aliphatic carbocycles. The van der Waals surface area contributed by atoms with Gasteiger partial charge in [-0.05, 0) is 84.7 Å². The van der Waals surface area contributed by atoms with Crippen LogP contribution in [0.3, 0.4) is 0 Å². The number of ketones is 1. The second-order valence-electron chi connectivity index (χ2n) is 9.85. The van der Waals surface area contributed by atoms with E-state index < -0.39 is 22.0 Å². The summed E-state index contributed by atoms with van der Waals surface area (Å²) in [4.78, 5) is 24.7. The van der Waals surface area contributed by atoms with Crippen LogP contribution in [-0.2, 0) is 19.6 Å². The first-order valence-corrected chi connectivity index (χ1v) is 15.0. The second-order valence-corrected chi connectivity index (χ2v) is 11.6. The van der Waals surface area contributed by atoms with Crippen LogP contribution in [0.15, 0.2) is 76.7 Å². The molecule has 0 bridgehead atoms. The highest BCUT2D eigenvalue weighted by molar-refractivity contribution is 7.89. The molecule has 12 heteroatoms. The number of amides is 1. The van der Waals surface area contributed by atoms with E-state index in [0.717, 1.165) is 0 Å². The van der Waals surface area contributed by atoms with Gasteiger partial charge in [-0.15, -0.1) is 0 Å². The first-order chi connectivity index (χ1) is 21.1. The molecule has 3 aromatic rings. The molecule has 232 valence electrons. The molecule has 0 radical (unpaired) electrons. The lowest BCUT2D eigenvalue weighted by atomic mass is 9.84. The molecule has 1 fully saturated rings. The summed E-state index contributed by atoms with van der Waals surface area (Å²) in [6.45, 7) is -0.329. The summed E-state index contributed by atoms with van der Waals surface area (Å²) < 4.78 is 56.2. The maximum absolute atomic E-state index is 13.7. The molecular formula is C32H34N2O9S. The fraction of sp³-hybridized carbons (Fsp3) is 0.250. The van der Waals surface area contributed by atoms with Crippen molar-refractivity contribution < 1.29 is 41.7 Å². The van der Waals surface area contributed by atoms with Gasteiger partial charge in [0.2, 0.25) is 10.0 Å². The van der Waals surface area contributed by atoms with Crippen molar-refractivity contribution in [3.8, 4) is 28.7 Å². The number of nitrogens with two attached hydrogens (primary N) is 1. The van der Waals surface area contributed by atoms with Crippen molar-refractivity contribution in [1.82, 2.24) is 4.72 Å². The fourth-order valence-corrected chi connectivity index (χ4v) is 6.01. The fourth-order valence-electron chi connectivity index (χ4n) is 4.77. The van der Waals surface area contributed by atoms with Crippen LogP contribution in [0.1, 0.15) is 24.0 Å². The Bertz CT molecular complexity index is 1620. The van der Waals surface area contributed by atoms with Crippen LogP contribution in [-0.4, -0.2) is 61.2 Å². The number of benzene rings is 3. The molecule has 3 N–H and O–H groups in total. The third-order valence-corrected chi connectivity index (χ3v) is 8.39. The van der Waals surface area contributed by atoms with E-state index in [9.17, 15) is 18.0 Å². The van der Waals surface area contributed by atoms with Crippen LogP contribution < -0.4 is 34.1 Å². The van der Waals surface area contributed by atoms with Crippen molar-refractivity contribution >= 4 is 33.9 Å². The van der Waals surface area contributed by atoms with Crippen molar-refractivity contribution in [3.05, 3.63) is 82.9 Å². The van der Waals surface area contributed by atoms with Crippen molar-refractivity contribution in [2.75, 3.05) is 35.0 Å². The lowest BCUT2D eigenvalue weighted by molar-refractivity contribution is -0.120. The quantitative estimate of drug-likeness (QED) is 0.288. The van der Waals surface area contributed by atoms with E-state index in [1.165, 1.54) is 52.7 Å². The molecule has 0 unspecified atom stereocenters. The molecule has 1 saturated carbocycles. The summed E-state index contributed by atoms with van der Waals surface area (Å²) in [5.74, 6) is 1.50. The number of primary amides is 1. The molecule has 11 nitrogen and oxygen atoms in total. The summed E-state index contributed by atoms with van der Waals surface area (Å²) >= 11 is 0. The van der Waals surface area contributed by atoms with E-state index in [-0.39, 0.29) is 30.1 Å². The molecule has 0 aliphatic heterocycles. The molecule has 4 rings (SSSR count). The molecule has 0 aromatic heterocycles. The average Bonchev–Trinajstić information content (AvgIpc) is 3.02. The molecule has 44 heavy (non-hydrogen) atoms. The van der Waals surface area contributed by atoms with E-state index in [1.807, 2.05) is 0 Å². The smallest absolute Gasteiger partial charge is 0.255 e. The topological polar surface area (TPSA) is 152 Å². The predicted octanol–water partition coefficient (Wildman–Crippen LogP) is 3.76. The standard InChI is InChI=1S/C32H34N2O9S/c1-39-27-11-5-20(15-29(27)41-3)13-22-17-24(34-44(37,38)26-9-7-25(8-10-26)43-19-31(33)35)18-23(32(22)36)14-21-6-12-28(40-2)30(16-21)42-4/h5-16,24,34H,17-19H2,1-4H3,(H2,33,35)/b22-13+,23-14+. The molecule has 1 amide bonds. The number of nitrogens with one attached hydrogen (secondary N) is 1. The van der Waals surface area contributed by atoms with Gasteiger partial charge in [-0.3, -0.25) is 9.59 Å². The van der Waals surface area contributed by atoms with Gasteiger partial charge in [0.1, 0.15) is 5.75 Å². The van der Waals surface area contributed by atoms with E-state index in [4.69, 9.17) is 29.4 Å². The maximum Gasteiger partial charge on any atom is 0.255 e. The molecule has 0 saturated heterocycles. The van der Waals surface area contributed by atoms with Crippen LogP contribution in [0.4, 0.5) is 0 Å². The number of carbonyl (C=O) groups excluding carboxylic acids is 2. The Balaban J connectivity index is 1.68. The SMILES string of the molecule is COc1ccc(/C=C2\CC(NS(=O)(=O)c3ccc(OCC(N)=O)cc3)C/C(=C\c3ccc(OC)c(OC)c3)C2=O)cc1OC. The van der Waals surface area contributed by atoms with E-state index in [1.54, 1.807) is 48.6 Å². The van der Waals surface area contributed by atoms with Crippen LogP contribution in [0.2, 0.25) is 0 Å². The third-order valence-electron chi connectivity index (χ3n) is 6.85. The number of ether oxygens (including phenoxy) is 5. The first kappa shape index (κ1) is 32.1. The summed E-state index contributed by atoms with van der Waals surface area (Å²) in [6, 6.07) is 15.5. The lowest BCUT2D eigenvalue weighted by Gasteiger charge is -2.27. The Kier molecular flexibility index (Phi) is 10.3. The maximum atomic E-state index is 13.7. The zero-order valence-corrected chi connectivity index (χ0v) is 25.6. The van der Waals surface area contributed by atoms with Gasteiger partial charge in [0.25, 0.3) is 5.91 Å². The predicted molar refractivity (Wildman–Crippen MR) is 165 cm³/mol. The van der Waals surface area contributed by atoms with E-state index >= 15 is 0 Å². The highest BCUT2D eigenvalue weighted by Crippen LogP contribution is 2.34. The molecule has 0 atom stereocenters. The second kappa shape index (κ2) is 14.1. The number of Topliss-reactive ketones (excluding diaryl/α,β-unsaturated/α-hetero) is 1. The van der Waals surface area contributed by atoms with E-state index in [0.29, 0.717) is 51.0 Å². The number of carbonyl (C=O) groups is 2.